The number of Topliss-reactive ketones (excluding diaryl/α,β-unsaturated/α-hetero) is 1. The number of ether oxygens (including phenoxy) is 1. The summed E-state index contributed by atoms with van der Waals surface area (Å²) in [5.74, 6) is 1.37. The molecule has 1 saturated carbocycles. The van der Waals surface area contributed by atoms with E-state index in [2.05, 4.69) is 11.0 Å². The van der Waals surface area contributed by atoms with E-state index in [1.165, 1.54) is 0 Å². The Kier molecular flexibility index (Phi) is 9.29. The minimum Gasteiger partial charge on any atom is -0.497 e. The zero-order valence-corrected chi connectivity index (χ0v) is 18.6. The lowest BCUT2D eigenvalue weighted by Crippen LogP contribution is -2.50. The molecule has 5 heteroatoms. The van der Waals surface area contributed by atoms with Crippen molar-refractivity contribution in [3.63, 3.8) is 0 Å². The van der Waals surface area contributed by atoms with E-state index in [9.17, 15) is 4.79 Å². The van der Waals surface area contributed by atoms with Crippen molar-refractivity contribution in [3.8, 4) is 11.8 Å². The van der Waals surface area contributed by atoms with Gasteiger partial charge in [-0.2, -0.15) is 5.26 Å². The number of hydrogen-bond donors (Lipinski definition) is 1. The second kappa shape index (κ2) is 11.7. The number of piperidine rings is 1. The Bertz CT molecular complexity index is 868. The second-order valence-corrected chi connectivity index (χ2v) is 7.58. The zero-order valence-electron chi connectivity index (χ0n) is 18.6. The molecule has 1 N–H and O–H groups in total. The van der Waals surface area contributed by atoms with Crippen molar-refractivity contribution >= 4 is 16.6 Å². The largest absolute Gasteiger partial charge is 0.497 e. The van der Waals surface area contributed by atoms with Gasteiger partial charge >= 0.3 is 0 Å². The Hall–Kier alpha value is -2.42. The number of nitriles is 1. The van der Waals surface area contributed by atoms with Crippen molar-refractivity contribution in [3.05, 3.63) is 42.0 Å². The number of aliphatic hydroxyl groups is 1. The molecule has 0 amide bonds. The predicted molar refractivity (Wildman–Crippen MR) is 121 cm³/mol. The minimum atomic E-state index is 0.0700. The molecule has 0 bridgehead atoms. The monoisotopic (exact) mass is 410 g/mol. The number of rotatable bonds is 4. The molecule has 1 heterocycles. The van der Waals surface area contributed by atoms with Crippen molar-refractivity contribution in [2.75, 3.05) is 27.3 Å². The molecule has 2 aromatic carbocycles. The number of benzene rings is 2. The molecule has 30 heavy (non-hydrogen) atoms. The maximum atomic E-state index is 13.1. The molecule has 2 aliphatic rings. The van der Waals surface area contributed by atoms with E-state index in [0.29, 0.717) is 6.04 Å². The fraction of sp³-hybridized carbons (Fsp3) is 0.520. The summed E-state index contributed by atoms with van der Waals surface area (Å²) < 4.78 is 5.27. The van der Waals surface area contributed by atoms with E-state index in [-0.39, 0.29) is 17.6 Å². The zero-order chi connectivity index (χ0) is 22.1. The molecule has 0 aromatic heterocycles. The number of carbonyl (C=O) groups is 1. The topological polar surface area (TPSA) is 73.6 Å². The highest BCUT2D eigenvalue weighted by Crippen LogP contribution is 2.34. The summed E-state index contributed by atoms with van der Waals surface area (Å²) in [6.07, 6.45) is 3.96. The fourth-order valence-electron chi connectivity index (χ4n) is 4.28. The Morgan fingerprint density at radius 3 is 2.47 bits per heavy atom. The molecule has 1 aliphatic heterocycles. The average Bonchev–Trinajstić information content (AvgIpc) is 2.80. The van der Waals surface area contributed by atoms with E-state index in [1.807, 2.05) is 50.2 Å². The molecule has 2 fully saturated rings. The molecule has 1 atom stereocenters. The highest BCUT2D eigenvalue weighted by Gasteiger charge is 2.37. The maximum Gasteiger partial charge on any atom is 0.167 e. The van der Waals surface area contributed by atoms with Gasteiger partial charge in [-0.25, -0.2) is 0 Å². The smallest absolute Gasteiger partial charge is 0.167 e. The predicted octanol–water partition coefficient (Wildman–Crippen LogP) is 4.68. The van der Waals surface area contributed by atoms with Gasteiger partial charge in [-0.1, -0.05) is 32.0 Å². The van der Waals surface area contributed by atoms with E-state index in [4.69, 9.17) is 15.1 Å². The van der Waals surface area contributed by atoms with Crippen LogP contribution in [0.5, 0.6) is 5.75 Å². The third-order valence-corrected chi connectivity index (χ3v) is 5.97. The number of likely N-dealkylation sites (tertiary alicyclic amines) is 1. The van der Waals surface area contributed by atoms with Crippen LogP contribution in [0.1, 0.15) is 49.9 Å². The first kappa shape index (κ1) is 23.9. The number of ketones is 1. The van der Waals surface area contributed by atoms with Gasteiger partial charge in [-0.3, -0.25) is 9.69 Å². The third kappa shape index (κ3) is 5.38. The van der Waals surface area contributed by atoms with Gasteiger partial charge in [0.2, 0.25) is 0 Å². The first-order valence-electron chi connectivity index (χ1n) is 10.9. The quantitative estimate of drug-likeness (QED) is 0.741. The summed E-state index contributed by atoms with van der Waals surface area (Å²) in [5.41, 5.74) is 0.804. The standard InChI is InChI=1S/C22H24N2O2.C2H6.CH4O/c1-26-21-7-6-16-11-18(5-4-17(16)12-21)22(25)19-3-2-8-24(14-19)20-9-15(10-20)13-23;2*1-2/h4-7,11-12,15,19-20H,2-3,8-10,14H2,1H3;1-2H3;2H,1H3. The SMILES string of the molecule is CC.CO.COc1ccc2cc(C(=O)C3CCCN(C4CC(C#N)C4)C3)ccc2c1. The molecule has 4 rings (SSSR count). The van der Waals surface area contributed by atoms with Crippen LogP contribution in [0.25, 0.3) is 10.8 Å². The molecule has 1 saturated heterocycles. The first-order valence-corrected chi connectivity index (χ1v) is 10.9. The van der Waals surface area contributed by atoms with Crippen molar-refractivity contribution in [1.29, 1.82) is 5.26 Å². The van der Waals surface area contributed by atoms with Crippen LogP contribution in [-0.4, -0.2) is 49.1 Å². The van der Waals surface area contributed by atoms with Crippen LogP contribution < -0.4 is 4.74 Å². The van der Waals surface area contributed by atoms with Gasteiger partial charge in [-0.15, -0.1) is 0 Å². The van der Waals surface area contributed by atoms with E-state index >= 15 is 0 Å². The van der Waals surface area contributed by atoms with E-state index < -0.39 is 0 Å². The van der Waals surface area contributed by atoms with E-state index in [1.54, 1.807) is 7.11 Å². The van der Waals surface area contributed by atoms with Crippen LogP contribution >= 0.6 is 0 Å². The van der Waals surface area contributed by atoms with Crippen LogP contribution in [-0.2, 0) is 0 Å². The molecule has 5 nitrogen and oxygen atoms in total. The van der Waals surface area contributed by atoms with Crippen LogP contribution in [0, 0.1) is 23.2 Å². The highest BCUT2D eigenvalue weighted by atomic mass is 16.5. The Morgan fingerprint density at radius 1 is 1.13 bits per heavy atom. The maximum absolute atomic E-state index is 13.1. The number of carbonyl (C=O) groups excluding carboxylic acids is 1. The molecule has 1 aliphatic carbocycles. The number of methoxy groups -OCH3 is 1. The van der Waals surface area contributed by atoms with Gasteiger partial charge in [0.25, 0.3) is 0 Å². The van der Waals surface area contributed by atoms with Gasteiger partial charge in [0, 0.05) is 37.1 Å². The lowest BCUT2D eigenvalue weighted by atomic mass is 9.78. The molecule has 162 valence electrons. The summed E-state index contributed by atoms with van der Waals surface area (Å²) in [7, 11) is 2.66. The Morgan fingerprint density at radius 2 is 1.80 bits per heavy atom. The number of aliphatic hydroxyl groups excluding tert-OH is 1. The van der Waals surface area contributed by atoms with Crippen molar-refractivity contribution in [2.24, 2.45) is 11.8 Å². The average molecular weight is 411 g/mol. The fourth-order valence-corrected chi connectivity index (χ4v) is 4.28. The summed E-state index contributed by atoms with van der Waals surface area (Å²) in [5, 5.41) is 18.1. The van der Waals surface area contributed by atoms with Crippen molar-refractivity contribution < 1.29 is 14.6 Å². The lowest BCUT2D eigenvalue weighted by molar-refractivity contribution is 0.0507. The first-order chi connectivity index (χ1) is 14.7. The Labute approximate surface area is 180 Å². The van der Waals surface area contributed by atoms with Gasteiger partial charge in [0.15, 0.2) is 5.78 Å². The van der Waals surface area contributed by atoms with Gasteiger partial charge in [0.1, 0.15) is 5.75 Å². The van der Waals surface area contributed by atoms with Crippen molar-refractivity contribution in [1.82, 2.24) is 4.90 Å². The summed E-state index contributed by atoms with van der Waals surface area (Å²) in [6, 6.07) is 14.7. The number of fused-ring (bicyclic) bond motifs is 1. The van der Waals surface area contributed by atoms with E-state index in [0.717, 1.165) is 68.0 Å². The molecule has 0 spiro atoms. The highest BCUT2D eigenvalue weighted by molar-refractivity contribution is 6.01. The summed E-state index contributed by atoms with van der Waals surface area (Å²) in [6.45, 7) is 5.90. The molecule has 1 unspecified atom stereocenters. The number of hydrogen-bond acceptors (Lipinski definition) is 5. The lowest BCUT2D eigenvalue weighted by Gasteiger charge is -2.44. The molecule has 0 radical (unpaired) electrons. The van der Waals surface area contributed by atoms with Crippen LogP contribution in [0.15, 0.2) is 36.4 Å². The van der Waals surface area contributed by atoms with Gasteiger partial charge in [-0.05, 0) is 61.2 Å². The molecular weight excluding hydrogens is 376 g/mol. The normalized spacial score (nSPS) is 23.0. The van der Waals surface area contributed by atoms with Crippen LogP contribution in [0.2, 0.25) is 0 Å². The minimum absolute atomic E-state index is 0.0700. The van der Waals surface area contributed by atoms with Crippen LogP contribution in [0.3, 0.4) is 0 Å². The van der Waals surface area contributed by atoms with Crippen LogP contribution in [0.4, 0.5) is 0 Å². The second-order valence-electron chi connectivity index (χ2n) is 7.58. The Balaban J connectivity index is 0.000000757. The van der Waals surface area contributed by atoms with Crippen molar-refractivity contribution in [2.45, 2.75) is 45.6 Å². The summed E-state index contributed by atoms with van der Waals surface area (Å²) >= 11 is 0. The summed E-state index contributed by atoms with van der Waals surface area (Å²) in [4.78, 5) is 15.5. The molecular formula is C25H34N2O3. The van der Waals surface area contributed by atoms with Gasteiger partial charge in [0.05, 0.1) is 13.2 Å². The third-order valence-electron chi connectivity index (χ3n) is 5.97. The van der Waals surface area contributed by atoms with Gasteiger partial charge < -0.3 is 9.84 Å². The number of nitrogens with zero attached hydrogens (tertiary/aromatic N) is 2. The molecule has 2 aromatic rings.